The first-order chi connectivity index (χ1) is 11.4. The Balaban J connectivity index is 2.77. The smallest absolute Gasteiger partial charge is 0.307 e. The molecule has 1 aromatic carbocycles. The van der Waals surface area contributed by atoms with Crippen molar-refractivity contribution in [2.45, 2.75) is 32.1 Å². The highest BCUT2D eigenvalue weighted by atomic mass is 32.2. The number of carbonyl (C=O) groups excluding carboxylic acids is 1. The SMILES string of the molecule is CCOC(=O)CCN(C)S(=O)c1c(C)cc(OCCOC)cc1C. The van der Waals surface area contributed by atoms with Crippen LogP contribution in [0.4, 0.5) is 0 Å². The maximum Gasteiger partial charge on any atom is 0.307 e. The third-order valence-electron chi connectivity index (χ3n) is 3.38. The van der Waals surface area contributed by atoms with E-state index in [9.17, 15) is 9.00 Å². The summed E-state index contributed by atoms with van der Waals surface area (Å²) < 4.78 is 29.9. The van der Waals surface area contributed by atoms with Crippen LogP contribution in [0.3, 0.4) is 0 Å². The van der Waals surface area contributed by atoms with Crippen LogP contribution in [0.5, 0.6) is 5.75 Å². The van der Waals surface area contributed by atoms with Gasteiger partial charge >= 0.3 is 5.97 Å². The molecule has 0 fully saturated rings. The molecule has 0 heterocycles. The van der Waals surface area contributed by atoms with E-state index in [4.69, 9.17) is 14.2 Å². The summed E-state index contributed by atoms with van der Waals surface area (Å²) in [5.74, 6) is 0.452. The lowest BCUT2D eigenvalue weighted by Crippen LogP contribution is -2.26. The summed E-state index contributed by atoms with van der Waals surface area (Å²) in [5, 5.41) is 0. The molecule has 0 aromatic heterocycles. The van der Waals surface area contributed by atoms with E-state index in [0.29, 0.717) is 26.4 Å². The number of hydrogen-bond acceptors (Lipinski definition) is 5. The number of methoxy groups -OCH3 is 1. The molecule has 0 saturated carbocycles. The Kier molecular flexibility index (Phi) is 8.95. The van der Waals surface area contributed by atoms with E-state index in [1.807, 2.05) is 26.0 Å². The van der Waals surface area contributed by atoms with Crippen LogP contribution in [0.1, 0.15) is 24.5 Å². The molecule has 0 N–H and O–H groups in total. The van der Waals surface area contributed by atoms with Crippen LogP contribution in [-0.4, -0.2) is 55.0 Å². The molecular formula is C17H27NO5S. The maximum absolute atomic E-state index is 12.8. The normalized spacial score (nSPS) is 12.2. The van der Waals surface area contributed by atoms with Crippen molar-refractivity contribution >= 4 is 17.0 Å². The number of rotatable bonds is 10. The molecule has 0 aliphatic rings. The molecule has 0 bridgehead atoms. The second-order valence-electron chi connectivity index (χ2n) is 5.38. The van der Waals surface area contributed by atoms with E-state index in [2.05, 4.69) is 0 Å². The van der Waals surface area contributed by atoms with Gasteiger partial charge in [0.15, 0.2) is 0 Å². The minimum absolute atomic E-state index is 0.215. The molecular weight excluding hydrogens is 330 g/mol. The molecule has 6 nitrogen and oxygen atoms in total. The van der Waals surface area contributed by atoms with E-state index in [1.165, 1.54) is 0 Å². The van der Waals surface area contributed by atoms with Gasteiger partial charge in [0, 0.05) is 20.7 Å². The van der Waals surface area contributed by atoms with Gasteiger partial charge < -0.3 is 14.2 Å². The van der Waals surface area contributed by atoms with Crippen LogP contribution in [-0.2, 0) is 25.3 Å². The minimum Gasteiger partial charge on any atom is -0.491 e. The van der Waals surface area contributed by atoms with Crippen LogP contribution in [0.15, 0.2) is 17.0 Å². The first-order valence-electron chi connectivity index (χ1n) is 7.92. The molecule has 0 radical (unpaired) electrons. The molecule has 7 heteroatoms. The molecule has 1 aromatic rings. The zero-order chi connectivity index (χ0) is 18.1. The van der Waals surface area contributed by atoms with Gasteiger partial charge in [-0.25, -0.2) is 8.51 Å². The first-order valence-corrected chi connectivity index (χ1v) is 9.03. The fourth-order valence-electron chi connectivity index (χ4n) is 2.23. The molecule has 0 aliphatic heterocycles. The van der Waals surface area contributed by atoms with Crippen molar-refractivity contribution in [2.75, 3.05) is 40.5 Å². The summed E-state index contributed by atoms with van der Waals surface area (Å²) >= 11 is 0. The summed E-state index contributed by atoms with van der Waals surface area (Å²) in [6.45, 7) is 7.29. The zero-order valence-corrected chi connectivity index (χ0v) is 15.9. The summed E-state index contributed by atoms with van der Waals surface area (Å²) in [6, 6.07) is 3.74. The van der Waals surface area contributed by atoms with Gasteiger partial charge in [-0.1, -0.05) is 0 Å². The predicted molar refractivity (Wildman–Crippen MR) is 93.6 cm³/mol. The fraction of sp³-hybridized carbons (Fsp3) is 0.588. The third kappa shape index (κ3) is 6.22. The third-order valence-corrected chi connectivity index (χ3v) is 5.13. The quantitative estimate of drug-likeness (QED) is 0.475. The van der Waals surface area contributed by atoms with Crippen LogP contribution in [0.2, 0.25) is 0 Å². The first kappa shape index (κ1) is 20.6. The summed E-state index contributed by atoms with van der Waals surface area (Å²) in [4.78, 5) is 12.2. The van der Waals surface area contributed by atoms with Crippen LogP contribution < -0.4 is 4.74 Å². The van der Waals surface area contributed by atoms with E-state index in [1.54, 1.807) is 25.4 Å². The molecule has 0 spiro atoms. The van der Waals surface area contributed by atoms with Crippen molar-refractivity contribution in [1.82, 2.24) is 4.31 Å². The van der Waals surface area contributed by atoms with Gasteiger partial charge in [-0.2, -0.15) is 0 Å². The second kappa shape index (κ2) is 10.4. The van der Waals surface area contributed by atoms with E-state index in [0.717, 1.165) is 21.8 Å². The Hall–Kier alpha value is -1.44. The van der Waals surface area contributed by atoms with Gasteiger partial charge in [0.25, 0.3) is 0 Å². The number of aryl methyl sites for hydroxylation is 2. The van der Waals surface area contributed by atoms with Crippen molar-refractivity contribution in [1.29, 1.82) is 0 Å². The Morgan fingerprint density at radius 3 is 2.38 bits per heavy atom. The monoisotopic (exact) mass is 357 g/mol. The van der Waals surface area contributed by atoms with E-state index < -0.39 is 11.0 Å². The largest absolute Gasteiger partial charge is 0.491 e. The van der Waals surface area contributed by atoms with Crippen molar-refractivity contribution in [3.05, 3.63) is 23.3 Å². The molecule has 0 aliphatic carbocycles. The predicted octanol–water partition coefficient (Wildman–Crippen LogP) is 2.24. The minimum atomic E-state index is -1.34. The van der Waals surface area contributed by atoms with Gasteiger partial charge in [-0.15, -0.1) is 0 Å². The highest BCUT2D eigenvalue weighted by Crippen LogP contribution is 2.26. The Morgan fingerprint density at radius 2 is 1.83 bits per heavy atom. The number of esters is 1. The molecule has 0 saturated heterocycles. The lowest BCUT2D eigenvalue weighted by Gasteiger charge is -2.19. The molecule has 136 valence electrons. The maximum atomic E-state index is 12.8. The number of carbonyl (C=O) groups is 1. The van der Waals surface area contributed by atoms with Gasteiger partial charge in [0.2, 0.25) is 0 Å². The molecule has 1 rings (SSSR count). The van der Waals surface area contributed by atoms with Crippen LogP contribution in [0.25, 0.3) is 0 Å². The average Bonchev–Trinajstić information content (AvgIpc) is 2.52. The van der Waals surface area contributed by atoms with Crippen molar-refractivity contribution in [3.63, 3.8) is 0 Å². The number of nitrogens with zero attached hydrogens (tertiary/aromatic N) is 1. The summed E-state index contributed by atoms with van der Waals surface area (Å²) in [6.07, 6.45) is 0.215. The molecule has 24 heavy (non-hydrogen) atoms. The Labute approximate surface area is 146 Å². The van der Waals surface area contributed by atoms with Crippen LogP contribution in [0, 0.1) is 13.8 Å². The molecule has 1 atom stereocenters. The highest BCUT2D eigenvalue weighted by molar-refractivity contribution is 7.82. The van der Waals surface area contributed by atoms with Crippen molar-refractivity contribution in [3.8, 4) is 5.75 Å². The number of benzene rings is 1. The lowest BCUT2D eigenvalue weighted by atomic mass is 10.1. The van der Waals surface area contributed by atoms with Gasteiger partial charge in [-0.05, 0) is 44.0 Å². The second-order valence-corrected chi connectivity index (χ2v) is 6.91. The summed E-state index contributed by atoms with van der Waals surface area (Å²) in [5.41, 5.74) is 1.78. The van der Waals surface area contributed by atoms with Gasteiger partial charge in [0.1, 0.15) is 23.3 Å². The lowest BCUT2D eigenvalue weighted by molar-refractivity contribution is -0.143. The topological polar surface area (TPSA) is 65.1 Å². The number of hydrogen-bond donors (Lipinski definition) is 0. The highest BCUT2D eigenvalue weighted by Gasteiger charge is 2.18. The fourth-order valence-corrected chi connectivity index (χ4v) is 3.47. The van der Waals surface area contributed by atoms with Crippen molar-refractivity contribution < 1.29 is 23.2 Å². The number of ether oxygens (including phenoxy) is 3. The van der Waals surface area contributed by atoms with Crippen molar-refractivity contribution in [2.24, 2.45) is 0 Å². The van der Waals surface area contributed by atoms with E-state index >= 15 is 0 Å². The standard InChI is InChI=1S/C17H27NO5S/c1-6-22-16(19)7-8-18(4)24(20)17-13(2)11-15(12-14(17)3)23-10-9-21-5/h11-12H,6-10H2,1-5H3. The average molecular weight is 357 g/mol. The molecule has 0 amide bonds. The summed E-state index contributed by atoms with van der Waals surface area (Å²) in [7, 11) is 2.01. The van der Waals surface area contributed by atoms with Gasteiger partial charge in [-0.3, -0.25) is 4.79 Å². The van der Waals surface area contributed by atoms with E-state index in [-0.39, 0.29) is 12.4 Å². The Morgan fingerprint density at radius 1 is 1.21 bits per heavy atom. The van der Waals surface area contributed by atoms with Crippen LogP contribution >= 0.6 is 0 Å². The van der Waals surface area contributed by atoms with Gasteiger partial charge in [0.05, 0.1) is 24.5 Å². The zero-order valence-electron chi connectivity index (χ0n) is 15.1. The molecule has 1 unspecified atom stereocenters. The Bertz CT molecular complexity index is 553.